The van der Waals surface area contributed by atoms with Gasteiger partial charge >= 0.3 is 6.36 Å². The number of halogens is 8. The zero-order chi connectivity index (χ0) is 26.3. The summed E-state index contributed by atoms with van der Waals surface area (Å²) in [5, 5.41) is 0. The predicted molar refractivity (Wildman–Crippen MR) is 108 cm³/mol. The number of hydrogen-bond acceptors (Lipinski definition) is 6. The molecule has 0 radical (unpaired) electrons. The average Bonchev–Trinajstić information content (AvgIpc) is 2.68. The maximum Gasteiger partial charge on any atom is 0.574 e. The summed E-state index contributed by atoms with van der Waals surface area (Å²) < 4.78 is 150. The van der Waals surface area contributed by atoms with Crippen molar-refractivity contribution in [1.82, 2.24) is 4.98 Å². The Morgan fingerprint density at radius 3 is 1.66 bits per heavy atom. The normalized spacial score (nSPS) is 12.5. The summed E-state index contributed by atoms with van der Waals surface area (Å²) in [6.07, 6.45) is -4.84. The Morgan fingerprint density at radius 1 is 0.800 bits per heavy atom. The third kappa shape index (κ3) is 5.51. The summed E-state index contributed by atoms with van der Waals surface area (Å²) in [5.74, 6) is -7.84. The first kappa shape index (κ1) is 26.7. The molecule has 3 rings (SSSR count). The molecule has 0 atom stereocenters. The van der Waals surface area contributed by atoms with E-state index >= 15 is 0 Å². The minimum absolute atomic E-state index is 0.0580. The van der Waals surface area contributed by atoms with Crippen molar-refractivity contribution in [1.29, 1.82) is 0 Å². The Bertz CT molecular complexity index is 1430. The monoisotopic (exact) mass is 608 g/mol. The van der Waals surface area contributed by atoms with E-state index in [0.717, 1.165) is 0 Å². The summed E-state index contributed by atoms with van der Waals surface area (Å²) in [5.41, 5.74) is -1.45. The summed E-state index contributed by atoms with van der Waals surface area (Å²) in [4.78, 5) is 0.182. The lowest BCUT2D eigenvalue weighted by Gasteiger charge is -2.26. The van der Waals surface area contributed by atoms with Gasteiger partial charge in [-0.25, -0.2) is 22.5 Å². The van der Waals surface area contributed by atoms with Gasteiger partial charge in [-0.1, -0.05) is 0 Å². The molecule has 0 bridgehead atoms. The first-order chi connectivity index (χ1) is 16.0. The van der Waals surface area contributed by atoms with Crippen LogP contribution in [0.5, 0.6) is 5.88 Å². The van der Waals surface area contributed by atoms with Gasteiger partial charge in [-0.2, -0.15) is 20.5 Å². The largest absolute Gasteiger partial charge is 0.574 e. The van der Waals surface area contributed by atoms with Crippen LogP contribution in [0.3, 0.4) is 0 Å². The van der Waals surface area contributed by atoms with Crippen LogP contribution in [0.15, 0.2) is 62.9 Å². The minimum Gasteiger partial charge on any atom is -0.385 e. The van der Waals surface area contributed by atoms with Crippen molar-refractivity contribution < 1.29 is 52.3 Å². The topological polar surface area (TPSA) is 93.6 Å². The molecule has 0 aliphatic carbocycles. The fourth-order valence-electron chi connectivity index (χ4n) is 2.67. The van der Waals surface area contributed by atoms with Gasteiger partial charge in [-0.15, -0.1) is 13.2 Å². The maximum atomic E-state index is 14.4. The molecule has 7 nitrogen and oxygen atoms in total. The van der Waals surface area contributed by atoms with E-state index in [1.54, 1.807) is 0 Å². The zero-order valence-electron chi connectivity index (χ0n) is 16.4. The van der Waals surface area contributed by atoms with Gasteiger partial charge in [0.15, 0.2) is 0 Å². The van der Waals surface area contributed by atoms with Gasteiger partial charge in [-0.05, 0) is 46.3 Å². The third-order valence-electron chi connectivity index (χ3n) is 3.99. The van der Waals surface area contributed by atoms with Crippen LogP contribution in [0.2, 0.25) is 0 Å². The molecule has 0 spiro atoms. The second-order valence-corrected chi connectivity index (χ2v) is 11.0. The van der Waals surface area contributed by atoms with Crippen LogP contribution in [0.25, 0.3) is 0 Å². The van der Waals surface area contributed by atoms with Gasteiger partial charge in [0.05, 0.1) is 0 Å². The van der Waals surface area contributed by atoms with Crippen LogP contribution < -0.4 is 8.45 Å². The Kier molecular flexibility index (Phi) is 7.07. The van der Waals surface area contributed by atoms with Crippen molar-refractivity contribution >= 4 is 41.7 Å². The van der Waals surface area contributed by atoms with Crippen LogP contribution in [-0.2, 0) is 20.0 Å². The summed E-state index contributed by atoms with van der Waals surface area (Å²) >= 11 is 2.78. The molecule has 1 heterocycles. The zero-order valence-corrected chi connectivity index (χ0v) is 19.6. The van der Waals surface area contributed by atoms with Crippen molar-refractivity contribution in [2.45, 2.75) is 16.2 Å². The first-order valence-electron chi connectivity index (χ1n) is 8.66. The van der Waals surface area contributed by atoms with E-state index in [-0.39, 0.29) is 16.6 Å². The van der Waals surface area contributed by atoms with Crippen LogP contribution in [0, 0.1) is 23.3 Å². The predicted octanol–water partition coefficient (Wildman–Crippen LogP) is 4.88. The fourth-order valence-corrected chi connectivity index (χ4v) is 6.73. The highest BCUT2D eigenvalue weighted by Gasteiger charge is 2.44. The maximum absolute atomic E-state index is 14.4. The van der Waals surface area contributed by atoms with Gasteiger partial charge < -0.3 is 4.74 Å². The number of anilines is 1. The number of pyridine rings is 1. The molecule has 0 aliphatic rings. The molecule has 35 heavy (non-hydrogen) atoms. The molecule has 0 N–H and O–H groups in total. The van der Waals surface area contributed by atoms with Crippen LogP contribution in [0.1, 0.15) is 0 Å². The lowest BCUT2D eigenvalue weighted by atomic mass is 10.3. The molecular weight excluding hydrogens is 601 g/mol. The number of aromatic nitrogens is 1. The Balaban J connectivity index is 2.43. The molecule has 0 saturated carbocycles. The second kappa shape index (κ2) is 9.27. The van der Waals surface area contributed by atoms with Crippen molar-refractivity contribution in [3.8, 4) is 5.88 Å². The van der Waals surface area contributed by atoms with E-state index in [9.17, 15) is 47.6 Å². The molecule has 0 fully saturated rings. The van der Waals surface area contributed by atoms with Gasteiger partial charge in [0.1, 0.15) is 38.7 Å². The second-order valence-electron chi connectivity index (χ2n) is 6.38. The van der Waals surface area contributed by atoms with Crippen LogP contribution in [-0.4, -0.2) is 28.2 Å². The lowest BCUT2D eigenvalue weighted by molar-refractivity contribution is -0.275. The Hall–Kier alpha value is -2.92. The van der Waals surface area contributed by atoms with E-state index in [1.807, 2.05) is 0 Å². The molecule has 0 unspecified atom stereocenters. The standard InChI is InChI=1S/C18H8BrF7N2O5S2/c19-9-5-14(17(27-8-9)33-18(24,25)26)28(34(29,30)15-3-1-10(20)6-12(15)22)35(31,32)16-4-2-11(21)7-13(16)23/h1-8H. The third-order valence-corrected chi connectivity index (χ3v) is 8.64. The van der Waals surface area contributed by atoms with Crippen molar-refractivity contribution in [2.24, 2.45) is 0 Å². The van der Waals surface area contributed by atoms with Gasteiger partial charge in [0, 0.05) is 22.8 Å². The van der Waals surface area contributed by atoms with E-state index in [0.29, 0.717) is 36.5 Å². The highest BCUT2D eigenvalue weighted by atomic mass is 79.9. The molecule has 17 heteroatoms. The van der Waals surface area contributed by atoms with Gasteiger partial charge in [-0.3, -0.25) is 0 Å². The number of nitrogens with zero attached hydrogens (tertiary/aromatic N) is 2. The van der Waals surface area contributed by atoms with E-state index in [1.165, 1.54) is 0 Å². The van der Waals surface area contributed by atoms with Crippen LogP contribution >= 0.6 is 15.9 Å². The summed E-state index contributed by atoms with van der Waals surface area (Å²) in [6.45, 7) is 0. The number of alkyl halides is 3. The molecule has 188 valence electrons. The summed E-state index contributed by atoms with van der Waals surface area (Å²) in [6, 6.07) is 2.03. The molecule has 2 aromatic carbocycles. The number of benzene rings is 2. The minimum atomic E-state index is -5.79. The lowest BCUT2D eigenvalue weighted by Crippen LogP contribution is -2.38. The number of rotatable bonds is 6. The van der Waals surface area contributed by atoms with E-state index in [2.05, 4.69) is 25.7 Å². The molecule has 0 aliphatic heterocycles. The average molecular weight is 609 g/mol. The smallest absolute Gasteiger partial charge is 0.385 e. The Labute approximate surface area is 201 Å². The number of sulfonamides is 2. The van der Waals surface area contributed by atoms with E-state index in [4.69, 9.17) is 0 Å². The van der Waals surface area contributed by atoms with Crippen molar-refractivity contribution in [3.05, 3.63) is 76.4 Å². The highest BCUT2D eigenvalue weighted by molar-refractivity contribution is 9.10. The Morgan fingerprint density at radius 2 is 1.26 bits per heavy atom. The first-order valence-corrected chi connectivity index (χ1v) is 12.3. The van der Waals surface area contributed by atoms with Crippen molar-refractivity contribution in [3.63, 3.8) is 0 Å². The fraction of sp³-hybridized carbons (Fsp3) is 0.0556. The molecular formula is C18H8BrF7N2O5S2. The molecule has 1 aromatic heterocycles. The van der Waals surface area contributed by atoms with Gasteiger partial charge in [0.2, 0.25) is 5.88 Å². The molecule has 0 amide bonds. The number of hydrogen-bond donors (Lipinski definition) is 0. The van der Waals surface area contributed by atoms with Gasteiger partial charge in [0.25, 0.3) is 20.0 Å². The summed E-state index contributed by atoms with van der Waals surface area (Å²) in [7, 11) is -11.6. The highest BCUT2D eigenvalue weighted by Crippen LogP contribution is 2.40. The quantitative estimate of drug-likeness (QED) is 0.370. The SMILES string of the molecule is O=S(=O)(c1ccc(F)cc1F)N(c1cc(Br)cnc1OC(F)(F)F)S(=O)(=O)c1ccc(F)cc1F. The van der Waals surface area contributed by atoms with E-state index < -0.39 is 74.7 Å². The molecule has 0 saturated heterocycles. The molecule has 3 aromatic rings. The van der Waals surface area contributed by atoms with Crippen LogP contribution in [0.4, 0.5) is 36.4 Å². The number of ether oxygens (including phenoxy) is 1. The van der Waals surface area contributed by atoms with Crippen molar-refractivity contribution in [2.75, 3.05) is 3.71 Å².